The van der Waals surface area contributed by atoms with Gasteiger partial charge < -0.3 is 24.8 Å². The SMILES string of the molecule is CCNC(=NCCCN1CCCN(C)CC1)N1CCC(COC)C1.I. The molecule has 1 atom stereocenters. The van der Waals surface area contributed by atoms with Gasteiger partial charge in [0.1, 0.15) is 0 Å². The Balaban J connectivity index is 0.00000312. The Bertz CT molecular complexity index is 382. The van der Waals surface area contributed by atoms with E-state index in [1.54, 1.807) is 7.11 Å². The van der Waals surface area contributed by atoms with Crippen molar-refractivity contribution in [3.63, 3.8) is 0 Å². The number of likely N-dealkylation sites (tertiary alicyclic amines) is 1. The Hall–Kier alpha value is -0.120. The van der Waals surface area contributed by atoms with Gasteiger partial charge in [-0.3, -0.25) is 4.99 Å². The zero-order valence-corrected chi connectivity index (χ0v) is 18.7. The molecule has 0 aromatic heterocycles. The van der Waals surface area contributed by atoms with Crippen LogP contribution < -0.4 is 5.32 Å². The molecule has 25 heavy (non-hydrogen) atoms. The van der Waals surface area contributed by atoms with Crippen LogP contribution in [0.2, 0.25) is 0 Å². The standard InChI is InChI=1S/C18H37N5O.HI/c1-4-19-18(23-12-7-17(15-23)16-24-3)20-8-5-10-22-11-6-9-21(2)13-14-22;/h17H,4-16H2,1-3H3,(H,19,20);1H. The third-order valence-electron chi connectivity index (χ3n) is 5.03. The third-order valence-corrected chi connectivity index (χ3v) is 5.03. The lowest BCUT2D eigenvalue weighted by Crippen LogP contribution is -2.40. The van der Waals surface area contributed by atoms with Gasteiger partial charge in [-0.25, -0.2) is 0 Å². The molecular formula is C18H38IN5O. The number of rotatable bonds is 7. The topological polar surface area (TPSA) is 43.3 Å². The summed E-state index contributed by atoms with van der Waals surface area (Å²) >= 11 is 0. The maximum Gasteiger partial charge on any atom is 0.193 e. The van der Waals surface area contributed by atoms with Crippen molar-refractivity contribution in [2.45, 2.75) is 26.2 Å². The van der Waals surface area contributed by atoms with E-state index in [1.807, 2.05) is 0 Å². The van der Waals surface area contributed by atoms with Crippen molar-refractivity contribution >= 4 is 29.9 Å². The summed E-state index contributed by atoms with van der Waals surface area (Å²) in [4.78, 5) is 12.3. The normalized spacial score (nSPS) is 23.4. The first kappa shape index (κ1) is 22.9. The van der Waals surface area contributed by atoms with Crippen LogP contribution in [0.4, 0.5) is 0 Å². The zero-order chi connectivity index (χ0) is 17.2. The van der Waals surface area contributed by atoms with Crippen LogP contribution in [0, 0.1) is 5.92 Å². The number of aliphatic imine (C=N–C) groups is 1. The molecule has 6 nitrogen and oxygen atoms in total. The van der Waals surface area contributed by atoms with Gasteiger partial charge in [-0.2, -0.15) is 0 Å². The number of likely N-dealkylation sites (N-methyl/N-ethyl adjacent to an activating group) is 1. The van der Waals surface area contributed by atoms with Crippen LogP contribution in [0.5, 0.6) is 0 Å². The van der Waals surface area contributed by atoms with Gasteiger partial charge in [0, 0.05) is 52.3 Å². The molecule has 7 heteroatoms. The van der Waals surface area contributed by atoms with Gasteiger partial charge in [0.2, 0.25) is 0 Å². The second kappa shape index (κ2) is 13.1. The Morgan fingerprint density at radius 2 is 2.04 bits per heavy atom. The minimum Gasteiger partial charge on any atom is -0.384 e. The van der Waals surface area contributed by atoms with Crippen LogP contribution in [-0.2, 0) is 4.74 Å². The van der Waals surface area contributed by atoms with Crippen LogP contribution in [0.15, 0.2) is 4.99 Å². The minimum atomic E-state index is 0. The number of guanidine groups is 1. The average Bonchev–Trinajstić information content (AvgIpc) is 2.93. The van der Waals surface area contributed by atoms with E-state index in [-0.39, 0.29) is 24.0 Å². The van der Waals surface area contributed by atoms with E-state index in [2.05, 4.69) is 34.0 Å². The number of nitrogens with one attached hydrogen (secondary N) is 1. The fraction of sp³-hybridized carbons (Fsp3) is 0.944. The number of hydrogen-bond donors (Lipinski definition) is 1. The van der Waals surface area contributed by atoms with E-state index >= 15 is 0 Å². The smallest absolute Gasteiger partial charge is 0.193 e. The van der Waals surface area contributed by atoms with Gasteiger partial charge in [-0.15, -0.1) is 24.0 Å². The minimum absolute atomic E-state index is 0. The highest BCUT2D eigenvalue weighted by molar-refractivity contribution is 14.0. The zero-order valence-electron chi connectivity index (χ0n) is 16.4. The first-order valence-electron chi connectivity index (χ1n) is 9.66. The maximum absolute atomic E-state index is 5.30. The van der Waals surface area contributed by atoms with Crippen molar-refractivity contribution in [2.24, 2.45) is 10.9 Å². The van der Waals surface area contributed by atoms with Crippen molar-refractivity contribution in [3.05, 3.63) is 0 Å². The summed E-state index contributed by atoms with van der Waals surface area (Å²) in [6.07, 6.45) is 3.64. The van der Waals surface area contributed by atoms with Gasteiger partial charge in [0.15, 0.2) is 5.96 Å². The molecule has 0 amide bonds. The Morgan fingerprint density at radius 3 is 2.80 bits per heavy atom. The average molecular weight is 467 g/mol. The Morgan fingerprint density at radius 1 is 1.20 bits per heavy atom. The molecule has 1 N–H and O–H groups in total. The fourth-order valence-electron chi connectivity index (χ4n) is 3.63. The second-order valence-corrected chi connectivity index (χ2v) is 7.14. The molecule has 2 fully saturated rings. The van der Waals surface area contributed by atoms with Crippen molar-refractivity contribution < 1.29 is 4.74 Å². The summed E-state index contributed by atoms with van der Waals surface area (Å²) in [5.74, 6) is 1.74. The maximum atomic E-state index is 5.30. The molecule has 0 radical (unpaired) electrons. The summed E-state index contributed by atoms with van der Waals surface area (Å²) < 4.78 is 5.30. The predicted octanol–water partition coefficient (Wildman–Crippen LogP) is 1.57. The van der Waals surface area contributed by atoms with Crippen LogP contribution in [0.3, 0.4) is 0 Å². The third kappa shape index (κ3) is 8.41. The van der Waals surface area contributed by atoms with Crippen molar-refractivity contribution in [1.82, 2.24) is 20.0 Å². The lowest BCUT2D eigenvalue weighted by atomic mass is 10.1. The molecule has 0 aromatic carbocycles. The van der Waals surface area contributed by atoms with E-state index < -0.39 is 0 Å². The number of hydrogen-bond acceptors (Lipinski definition) is 4. The van der Waals surface area contributed by atoms with E-state index in [4.69, 9.17) is 9.73 Å². The molecule has 0 bridgehead atoms. The lowest BCUT2D eigenvalue weighted by molar-refractivity contribution is 0.157. The Labute approximate surface area is 171 Å². The quantitative estimate of drug-likeness (QED) is 0.267. The first-order valence-corrected chi connectivity index (χ1v) is 9.66. The molecule has 0 aliphatic carbocycles. The number of ether oxygens (including phenoxy) is 1. The molecule has 2 rings (SSSR count). The summed E-state index contributed by atoms with van der Waals surface area (Å²) in [5, 5.41) is 3.46. The summed E-state index contributed by atoms with van der Waals surface area (Å²) in [6.45, 7) is 13.1. The molecule has 2 aliphatic heterocycles. The summed E-state index contributed by atoms with van der Waals surface area (Å²) in [6, 6.07) is 0. The molecular weight excluding hydrogens is 429 g/mol. The van der Waals surface area contributed by atoms with Crippen LogP contribution in [0.25, 0.3) is 0 Å². The number of methoxy groups -OCH3 is 1. The first-order chi connectivity index (χ1) is 11.7. The molecule has 0 aromatic rings. The van der Waals surface area contributed by atoms with Crippen LogP contribution >= 0.6 is 24.0 Å². The molecule has 2 saturated heterocycles. The van der Waals surface area contributed by atoms with Crippen molar-refractivity contribution in [3.8, 4) is 0 Å². The van der Waals surface area contributed by atoms with Crippen LogP contribution in [0.1, 0.15) is 26.2 Å². The highest BCUT2D eigenvalue weighted by Gasteiger charge is 2.24. The van der Waals surface area contributed by atoms with E-state index in [1.165, 1.54) is 45.6 Å². The van der Waals surface area contributed by atoms with Gasteiger partial charge in [0.25, 0.3) is 0 Å². The highest BCUT2D eigenvalue weighted by Crippen LogP contribution is 2.16. The largest absolute Gasteiger partial charge is 0.384 e. The molecule has 2 aliphatic rings. The highest BCUT2D eigenvalue weighted by atomic mass is 127. The summed E-state index contributed by atoms with van der Waals surface area (Å²) in [5.41, 5.74) is 0. The van der Waals surface area contributed by atoms with Crippen molar-refractivity contribution in [2.75, 3.05) is 79.7 Å². The predicted molar refractivity (Wildman–Crippen MR) is 116 cm³/mol. The monoisotopic (exact) mass is 467 g/mol. The number of halogens is 1. The molecule has 1 unspecified atom stereocenters. The summed E-state index contributed by atoms with van der Waals surface area (Å²) in [7, 11) is 4.02. The second-order valence-electron chi connectivity index (χ2n) is 7.14. The lowest BCUT2D eigenvalue weighted by Gasteiger charge is -2.22. The van der Waals surface area contributed by atoms with E-state index in [0.29, 0.717) is 5.92 Å². The van der Waals surface area contributed by atoms with Gasteiger partial charge >= 0.3 is 0 Å². The van der Waals surface area contributed by atoms with Gasteiger partial charge in [0.05, 0.1) is 6.61 Å². The van der Waals surface area contributed by atoms with Crippen LogP contribution in [-0.4, -0.2) is 100 Å². The molecule has 0 saturated carbocycles. The number of nitrogens with zero attached hydrogens (tertiary/aromatic N) is 4. The van der Waals surface area contributed by atoms with Gasteiger partial charge in [-0.05, 0) is 52.9 Å². The van der Waals surface area contributed by atoms with E-state index in [9.17, 15) is 0 Å². The molecule has 0 spiro atoms. The van der Waals surface area contributed by atoms with E-state index in [0.717, 1.165) is 45.2 Å². The molecule has 148 valence electrons. The Kier molecular flexibility index (Phi) is 12.0. The molecule has 2 heterocycles. The van der Waals surface area contributed by atoms with Crippen molar-refractivity contribution in [1.29, 1.82) is 0 Å². The fourth-order valence-corrected chi connectivity index (χ4v) is 3.63. The van der Waals surface area contributed by atoms with Gasteiger partial charge in [-0.1, -0.05) is 0 Å².